The number of likely N-dealkylation sites (tertiary alicyclic amines) is 1. The van der Waals surface area contributed by atoms with Crippen LogP contribution < -0.4 is 5.32 Å². The van der Waals surface area contributed by atoms with E-state index < -0.39 is 17.7 Å². The molecule has 0 spiro atoms. The van der Waals surface area contributed by atoms with Crippen molar-refractivity contribution in [3.05, 3.63) is 84.7 Å². The fourth-order valence-electron chi connectivity index (χ4n) is 8.71. The topological polar surface area (TPSA) is 142 Å². The largest absolute Gasteiger partial charge is 0.453 e. The number of alkyl carbamates (subject to hydrolysis) is 1. The van der Waals surface area contributed by atoms with E-state index in [1.165, 1.54) is 7.11 Å². The standard InChI is InChI=1S/C46H56N6O5/c1-8-34-11-9-14-39(52(34)45(55)57-46(4,5)6)43-48-25-37(50-43)29-17-15-28(16-18-29)30-19-20-32-24-33(22-21-31(32)23-30)38-26-47-42(49-38)36-13-10-12-35(36)41(53)40(27(2)3)51-44(54)56-7/h15-27,34-36,39-40H,8-14H2,1-7H3,(H,47,49)(H,48,50)(H,51,54)/t34-,35?,36+,39-,40-/m0/s1. The van der Waals surface area contributed by atoms with E-state index >= 15 is 0 Å². The number of amides is 2. The molecule has 1 aliphatic heterocycles. The molecule has 300 valence electrons. The molecule has 2 aliphatic rings. The lowest BCUT2D eigenvalue weighted by molar-refractivity contribution is -0.126. The van der Waals surface area contributed by atoms with Crippen LogP contribution in [0.1, 0.15) is 110 Å². The second kappa shape index (κ2) is 16.6. The third-order valence-corrected chi connectivity index (χ3v) is 11.7. The zero-order chi connectivity index (χ0) is 40.4. The van der Waals surface area contributed by atoms with Gasteiger partial charge in [0.15, 0.2) is 5.78 Å². The van der Waals surface area contributed by atoms with Crippen molar-refractivity contribution in [3.63, 3.8) is 0 Å². The number of fused-ring (bicyclic) bond motifs is 1. The molecular weight excluding hydrogens is 717 g/mol. The molecule has 2 fully saturated rings. The predicted octanol–water partition coefficient (Wildman–Crippen LogP) is 10.4. The van der Waals surface area contributed by atoms with Gasteiger partial charge >= 0.3 is 12.2 Å². The van der Waals surface area contributed by atoms with Crippen LogP contribution in [0.2, 0.25) is 0 Å². The van der Waals surface area contributed by atoms with E-state index in [-0.39, 0.29) is 41.7 Å². The maximum absolute atomic E-state index is 13.7. The smallest absolute Gasteiger partial charge is 0.411 e. The van der Waals surface area contributed by atoms with Crippen molar-refractivity contribution in [2.24, 2.45) is 11.8 Å². The summed E-state index contributed by atoms with van der Waals surface area (Å²) in [6, 6.07) is 20.8. The summed E-state index contributed by atoms with van der Waals surface area (Å²) in [4.78, 5) is 57.5. The van der Waals surface area contributed by atoms with Crippen molar-refractivity contribution >= 4 is 28.7 Å². The molecule has 57 heavy (non-hydrogen) atoms. The number of H-pyrrole nitrogens is 2. The molecule has 11 nitrogen and oxygen atoms in total. The number of hydrogen-bond donors (Lipinski definition) is 3. The van der Waals surface area contributed by atoms with Crippen molar-refractivity contribution in [3.8, 4) is 33.6 Å². The summed E-state index contributed by atoms with van der Waals surface area (Å²) in [7, 11) is 1.31. The van der Waals surface area contributed by atoms with Crippen LogP contribution in [0, 0.1) is 11.8 Å². The molecule has 0 bridgehead atoms. The Morgan fingerprint density at radius 1 is 0.807 bits per heavy atom. The molecule has 5 atom stereocenters. The maximum atomic E-state index is 13.7. The Labute approximate surface area is 335 Å². The van der Waals surface area contributed by atoms with Crippen LogP contribution in [0.5, 0.6) is 0 Å². The fourth-order valence-corrected chi connectivity index (χ4v) is 8.71. The summed E-state index contributed by atoms with van der Waals surface area (Å²) in [6.07, 6.45) is 9.14. The SMILES string of the molecule is CC[C@H]1CCC[C@@H](c2ncc(-c3ccc(-c4ccc5cc(-c6cnc([C@@H]7CCCC7C(=O)[C@@H](NC(=O)OC)C(C)C)[nH]6)ccc5c4)cc3)[nH]2)N1C(=O)OC(C)(C)C. The number of methoxy groups -OCH3 is 1. The molecule has 11 heteroatoms. The normalized spacial score (nSPS) is 20.5. The highest BCUT2D eigenvalue weighted by molar-refractivity contribution is 5.91. The van der Waals surface area contributed by atoms with Crippen LogP contribution in [0.4, 0.5) is 9.59 Å². The number of rotatable bonds is 10. The predicted molar refractivity (Wildman–Crippen MR) is 223 cm³/mol. The number of carbonyl (C=O) groups excluding carboxylic acids is 3. The van der Waals surface area contributed by atoms with Gasteiger partial charge in [0.2, 0.25) is 0 Å². The van der Waals surface area contributed by atoms with Gasteiger partial charge in [-0.1, -0.05) is 75.7 Å². The third kappa shape index (κ3) is 8.62. The Kier molecular flexibility index (Phi) is 11.6. The minimum Gasteiger partial charge on any atom is -0.453 e. The van der Waals surface area contributed by atoms with E-state index in [4.69, 9.17) is 19.4 Å². The minimum atomic E-state index is -0.606. The third-order valence-electron chi connectivity index (χ3n) is 11.7. The Hall–Kier alpha value is -5.45. The van der Waals surface area contributed by atoms with Gasteiger partial charge in [-0.15, -0.1) is 0 Å². The monoisotopic (exact) mass is 772 g/mol. The van der Waals surface area contributed by atoms with Gasteiger partial charge in [-0.2, -0.15) is 0 Å². The van der Waals surface area contributed by atoms with Crippen molar-refractivity contribution in [1.82, 2.24) is 30.2 Å². The molecule has 3 aromatic carbocycles. The van der Waals surface area contributed by atoms with Crippen molar-refractivity contribution in [2.75, 3.05) is 7.11 Å². The first-order chi connectivity index (χ1) is 27.3. The van der Waals surface area contributed by atoms with E-state index in [0.29, 0.717) is 0 Å². The Bertz CT molecular complexity index is 2220. The Morgan fingerprint density at radius 2 is 1.40 bits per heavy atom. The average molecular weight is 773 g/mol. The quantitative estimate of drug-likeness (QED) is 0.128. The second-order valence-corrected chi connectivity index (χ2v) is 17.0. The van der Waals surface area contributed by atoms with Crippen LogP contribution in [-0.2, 0) is 14.3 Å². The van der Waals surface area contributed by atoms with Crippen molar-refractivity contribution in [1.29, 1.82) is 0 Å². The molecule has 1 saturated heterocycles. The lowest BCUT2D eigenvalue weighted by atomic mass is 9.84. The Balaban J connectivity index is 1.04. The van der Waals surface area contributed by atoms with E-state index in [1.54, 1.807) is 0 Å². The minimum absolute atomic E-state index is 0.0309. The van der Waals surface area contributed by atoms with Crippen LogP contribution in [0.3, 0.4) is 0 Å². The van der Waals surface area contributed by atoms with E-state index in [9.17, 15) is 14.4 Å². The highest BCUT2D eigenvalue weighted by atomic mass is 16.6. The Morgan fingerprint density at radius 3 is 2.07 bits per heavy atom. The van der Waals surface area contributed by atoms with E-state index in [0.717, 1.165) is 101 Å². The molecule has 1 unspecified atom stereocenters. The van der Waals surface area contributed by atoms with Gasteiger partial charge in [0.1, 0.15) is 17.2 Å². The highest BCUT2D eigenvalue weighted by Gasteiger charge is 2.41. The number of benzene rings is 3. The number of aromatic amines is 2. The average Bonchev–Trinajstić information content (AvgIpc) is 4.00. The summed E-state index contributed by atoms with van der Waals surface area (Å²) in [5, 5.41) is 5.00. The lowest BCUT2D eigenvalue weighted by Crippen LogP contribution is -2.47. The molecular formula is C46H56N6O5. The van der Waals surface area contributed by atoms with Crippen molar-refractivity contribution in [2.45, 2.75) is 116 Å². The zero-order valence-corrected chi connectivity index (χ0v) is 34.2. The maximum Gasteiger partial charge on any atom is 0.411 e. The summed E-state index contributed by atoms with van der Waals surface area (Å²) >= 11 is 0. The molecule has 3 heterocycles. The van der Waals surface area contributed by atoms with Gasteiger partial charge in [-0.05, 0) is 105 Å². The van der Waals surface area contributed by atoms with Crippen LogP contribution in [-0.4, -0.2) is 67.6 Å². The summed E-state index contributed by atoms with van der Waals surface area (Å²) in [6.45, 7) is 11.7. The second-order valence-electron chi connectivity index (χ2n) is 17.0. The summed E-state index contributed by atoms with van der Waals surface area (Å²) in [5.74, 6) is 1.34. The summed E-state index contributed by atoms with van der Waals surface area (Å²) in [5.41, 5.74) is 5.54. The molecule has 7 rings (SSSR count). The van der Waals surface area contributed by atoms with Crippen LogP contribution in [0.15, 0.2) is 73.1 Å². The number of carbonyl (C=O) groups is 3. The number of hydrogen-bond acceptors (Lipinski definition) is 7. The van der Waals surface area contributed by atoms with E-state index in [2.05, 4.69) is 82.9 Å². The van der Waals surface area contributed by atoms with Gasteiger partial charge in [-0.3, -0.25) is 9.69 Å². The number of ether oxygens (including phenoxy) is 2. The fraction of sp³-hybridized carbons (Fsp3) is 0.457. The molecule has 1 saturated carbocycles. The lowest BCUT2D eigenvalue weighted by Gasteiger charge is -2.41. The molecule has 3 N–H and O–H groups in total. The number of Topliss-reactive ketones (excluding diaryl/α,β-unsaturated/α-hetero) is 1. The first-order valence-corrected chi connectivity index (χ1v) is 20.5. The molecule has 2 aromatic heterocycles. The molecule has 2 amide bonds. The van der Waals surface area contributed by atoms with Crippen LogP contribution in [0.25, 0.3) is 44.4 Å². The van der Waals surface area contributed by atoms with Gasteiger partial charge in [0.05, 0.1) is 43.0 Å². The number of nitrogens with one attached hydrogen (secondary N) is 3. The number of aromatic nitrogens is 4. The van der Waals surface area contributed by atoms with Gasteiger partial charge in [-0.25, -0.2) is 19.6 Å². The first-order valence-electron chi connectivity index (χ1n) is 20.5. The van der Waals surface area contributed by atoms with Gasteiger partial charge in [0, 0.05) is 23.4 Å². The summed E-state index contributed by atoms with van der Waals surface area (Å²) < 4.78 is 10.6. The van der Waals surface area contributed by atoms with E-state index in [1.807, 2.05) is 51.9 Å². The zero-order valence-electron chi connectivity index (χ0n) is 34.2. The number of ketones is 1. The highest BCUT2D eigenvalue weighted by Crippen LogP contribution is 2.41. The number of nitrogens with zero attached hydrogens (tertiary/aromatic N) is 3. The molecule has 0 radical (unpaired) electrons. The van der Waals surface area contributed by atoms with Crippen LogP contribution >= 0.6 is 0 Å². The number of imidazole rings is 2. The van der Waals surface area contributed by atoms with Gasteiger partial charge < -0.3 is 24.8 Å². The number of piperidine rings is 1. The first kappa shape index (κ1) is 39.8. The molecule has 5 aromatic rings. The molecule has 1 aliphatic carbocycles. The van der Waals surface area contributed by atoms with Gasteiger partial charge in [0.25, 0.3) is 0 Å². The van der Waals surface area contributed by atoms with Crippen molar-refractivity contribution < 1.29 is 23.9 Å².